The maximum absolute atomic E-state index is 12.2. The van der Waals surface area contributed by atoms with Crippen LogP contribution in [-0.4, -0.2) is 43.4 Å². The molecule has 5 heteroatoms. The van der Waals surface area contributed by atoms with Gasteiger partial charge in [-0.1, -0.05) is 0 Å². The van der Waals surface area contributed by atoms with Gasteiger partial charge in [0, 0.05) is 49.6 Å². The first-order chi connectivity index (χ1) is 9.31. The number of nitrogens with zero attached hydrogens (tertiary/aromatic N) is 1. The fraction of sp³-hybridized carbons (Fsp3) is 0.571. The molecule has 1 saturated carbocycles. The molecule has 0 aromatic carbocycles. The summed E-state index contributed by atoms with van der Waals surface area (Å²) < 4.78 is 10.9. The van der Waals surface area contributed by atoms with Gasteiger partial charge in [-0.3, -0.25) is 9.78 Å². The Hall–Kier alpha value is -1.46. The average molecular weight is 262 g/mol. The Kier molecular flexibility index (Phi) is 3.48. The zero-order chi connectivity index (χ0) is 13.2. The first-order valence-corrected chi connectivity index (χ1v) is 6.62. The molecule has 0 unspecified atom stereocenters. The fourth-order valence-electron chi connectivity index (χ4n) is 3.17. The van der Waals surface area contributed by atoms with E-state index in [0.717, 1.165) is 13.0 Å². The van der Waals surface area contributed by atoms with Crippen LogP contribution >= 0.6 is 0 Å². The first kappa shape index (κ1) is 12.6. The van der Waals surface area contributed by atoms with Gasteiger partial charge in [-0.15, -0.1) is 0 Å². The topological polar surface area (TPSA) is 60.5 Å². The van der Waals surface area contributed by atoms with E-state index >= 15 is 0 Å². The van der Waals surface area contributed by atoms with Crippen LogP contribution in [0, 0.1) is 11.8 Å². The van der Waals surface area contributed by atoms with Gasteiger partial charge in [0.1, 0.15) is 0 Å². The largest absolute Gasteiger partial charge is 0.384 e. The summed E-state index contributed by atoms with van der Waals surface area (Å²) in [6.45, 7) is 1.42. The van der Waals surface area contributed by atoms with Crippen LogP contribution in [0.1, 0.15) is 16.8 Å². The number of fused-ring (bicyclic) bond motifs is 1. The van der Waals surface area contributed by atoms with Gasteiger partial charge in [-0.05, 0) is 18.6 Å². The highest BCUT2D eigenvalue weighted by Crippen LogP contribution is 2.43. The summed E-state index contributed by atoms with van der Waals surface area (Å²) in [5, 5.41) is 3.11. The predicted molar refractivity (Wildman–Crippen MR) is 68.7 cm³/mol. The lowest BCUT2D eigenvalue weighted by atomic mass is 9.67. The van der Waals surface area contributed by atoms with Crippen molar-refractivity contribution < 1.29 is 14.3 Å². The number of nitrogens with one attached hydrogen (secondary N) is 1. The molecule has 1 aliphatic heterocycles. The molecule has 0 radical (unpaired) electrons. The number of carbonyl (C=O) groups is 1. The van der Waals surface area contributed by atoms with Gasteiger partial charge in [0.2, 0.25) is 0 Å². The summed E-state index contributed by atoms with van der Waals surface area (Å²) >= 11 is 0. The molecule has 2 fully saturated rings. The van der Waals surface area contributed by atoms with E-state index in [2.05, 4.69) is 10.3 Å². The lowest BCUT2D eigenvalue weighted by Crippen LogP contribution is -2.62. The molecular weight excluding hydrogens is 244 g/mol. The normalized spacial score (nSPS) is 32.5. The molecule has 1 amide bonds. The molecular formula is C14H18N2O3. The molecule has 0 bridgehead atoms. The average Bonchev–Trinajstić information content (AvgIpc) is 2.87. The van der Waals surface area contributed by atoms with E-state index in [-0.39, 0.29) is 24.0 Å². The van der Waals surface area contributed by atoms with Crippen molar-refractivity contribution in [2.45, 2.75) is 18.6 Å². The number of hydrogen-bond acceptors (Lipinski definition) is 4. The molecule has 1 aliphatic carbocycles. The van der Waals surface area contributed by atoms with E-state index < -0.39 is 0 Å². The molecule has 4 atom stereocenters. The quantitative estimate of drug-likeness (QED) is 0.874. The number of ether oxygens (including phenoxy) is 2. The van der Waals surface area contributed by atoms with E-state index in [1.807, 2.05) is 0 Å². The number of methoxy groups -OCH3 is 1. The molecule has 2 aliphatic rings. The highest BCUT2D eigenvalue weighted by molar-refractivity contribution is 5.94. The number of aromatic nitrogens is 1. The van der Waals surface area contributed by atoms with E-state index in [0.29, 0.717) is 18.1 Å². The fourth-order valence-corrected chi connectivity index (χ4v) is 3.17. The number of rotatable bonds is 4. The first-order valence-electron chi connectivity index (χ1n) is 6.62. The Bertz CT molecular complexity index is 451. The number of carbonyl (C=O) groups excluding carboxylic acids is 1. The second kappa shape index (κ2) is 5.27. The maximum Gasteiger partial charge on any atom is 0.251 e. The molecule has 1 saturated heterocycles. The molecule has 1 aromatic heterocycles. The van der Waals surface area contributed by atoms with Crippen molar-refractivity contribution in [1.29, 1.82) is 0 Å². The smallest absolute Gasteiger partial charge is 0.251 e. The third-order valence-electron chi connectivity index (χ3n) is 4.13. The van der Waals surface area contributed by atoms with Gasteiger partial charge < -0.3 is 14.8 Å². The molecule has 5 nitrogen and oxygen atoms in total. The van der Waals surface area contributed by atoms with Crippen LogP contribution in [0.5, 0.6) is 0 Å². The Morgan fingerprint density at radius 1 is 1.53 bits per heavy atom. The van der Waals surface area contributed by atoms with Gasteiger partial charge in [-0.2, -0.15) is 0 Å². The summed E-state index contributed by atoms with van der Waals surface area (Å²) in [7, 11) is 1.68. The van der Waals surface area contributed by atoms with Crippen molar-refractivity contribution in [2.24, 2.45) is 11.8 Å². The Labute approximate surface area is 112 Å². The highest BCUT2D eigenvalue weighted by atomic mass is 16.5. The summed E-state index contributed by atoms with van der Waals surface area (Å²) in [6, 6.07) is 3.61. The molecule has 2 heterocycles. The van der Waals surface area contributed by atoms with E-state index in [9.17, 15) is 4.79 Å². The lowest BCUT2D eigenvalue weighted by Gasteiger charge is -2.47. The minimum absolute atomic E-state index is 0.0427. The van der Waals surface area contributed by atoms with Crippen molar-refractivity contribution in [3.05, 3.63) is 30.1 Å². The molecule has 1 aromatic rings. The summed E-state index contributed by atoms with van der Waals surface area (Å²) in [5.41, 5.74) is 0.647. The SMILES string of the molecule is COC[C@H]1[C@@H](NC(=O)c2ccncc2)[C@@H]2CCO[C@@H]21. The van der Waals surface area contributed by atoms with E-state index in [4.69, 9.17) is 9.47 Å². The third kappa shape index (κ3) is 2.24. The Balaban J connectivity index is 1.67. The second-order valence-corrected chi connectivity index (χ2v) is 5.14. The van der Waals surface area contributed by atoms with E-state index in [1.54, 1.807) is 31.6 Å². The van der Waals surface area contributed by atoms with Crippen LogP contribution in [-0.2, 0) is 9.47 Å². The van der Waals surface area contributed by atoms with Crippen molar-refractivity contribution in [2.75, 3.05) is 20.3 Å². The minimum atomic E-state index is -0.0427. The van der Waals surface area contributed by atoms with Crippen LogP contribution in [0.15, 0.2) is 24.5 Å². The summed E-state index contributed by atoms with van der Waals surface area (Å²) in [4.78, 5) is 16.1. The standard InChI is InChI=1S/C14H18N2O3/c1-18-8-11-12(10-4-7-19-13(10)11)16-14(17)9-2-5-15-6-3-9/h2-3,5-6,10-13H,4,7-8H2,1H3,(H,16,17)/t10-,11-,12-,13-/m0/s1. The van der Waals surface area contributed by atoms with Gasteiger partial charge in [0.05, 0.1) is 12.7 Å². The van der Waals surface area contributed by atoms with Gasteiger partial charge in [0.25, 0.3) is 5.91 Å². The highest BCUT2D eigenvalue weighted by Gasteiger charge is 2.54. The number of amides is 1. The van der Waals surface area contributed by atoms with Crippen LogP contribution < -0.4 is 5.32 Å². The Morgan fingerprint density at radius 2 is 2.32 bits per heavy atom. The van der Waals surface area contributed by atoms with Crippen LogP contribution in [0.2, 0.25) is 0 Å². The minimum Gasteiger partial charge on any atom is -0.384 e. The zero-order valence-electron chi connectivity index (χ0n) is 10.9. The summed E-state index contributed by atoms with van der Waals surface area (Å²) in [5.74, 6) is 0.660. The maximum atomic E-state index is 12.2. The number of pyridine rings is 1. The zero-order valence-corrected chi connectivity index (χ0v) is 10.9. The van der Waals surface area contributed by atoms with Crippen LogP contribution in [0.25, 0.3) is 0 Å². The van der Waals surface area contributed by atoms with Crippen molar-refractivity contribution in [3.8, 4) is 0 Å². The van der Waals surface area contributed by atoms with Crippen molar-refractivity contribution in [1.82, 2.24) is 10.3 Å². The molecule has 19 heavy (non-hydrogen) atoms. The second-order valence-electron chi connectivity index (χ2n) is 5.14. The van der Waals surface area contributed by atoms with Gasteiger partial charge in [-0.25, -0.2) is 0 Å². The number of hydrogen-bond donors (Lipinski definition) is 1. The van der Waals surface area contributed by atoms with Crippen LogP contribution in [0.4, 0.5) is 0 Å². The van der Waals surface area contributed by atoms with Crippen molar-refractivity contribution >= 4 is 5.91 Å². The molecule has 102 valence electrons. The Morgan fingerprint density at radius 3 is 3.05 bits per heavy atom. The molecule has 1 N–H and O–H groups in total. The van der Waals surface area contributed by atoms with E-state index in [1.165, 1.54) is 0 Å². The third-order valence-corrected chi connectivity index (χ3v) is 4.13. The van der Waals surface area contributed by atoms with Gasteiger partial charge in [0.15, 0.2) is 0 Å². The monoisotopic (exact) mass is 262 g/mol. The predicted octanol–water partition coefficient (Wildman–Crippen LogP) is 0.861. The molecule has 3 rings (SSSR count). The summed E-state index contributed by atoms with van der Waals surface area (Å²) in [6.07, 6.45) is 4.53. The van der Waals surface area contributed by atoms with Crippen molar-refractivity contribution in [3.63, 3.8) is 0 Å². The molecule has 0 spiro atoms. The van der Waals surface area contributed by atoms with Crippen LogP contribution in [0.3, 0.4) is 0 Å². The van der Waals surface area contributed by atoms with Gasteiger partial charge >= 0.3 is 0 Å². The lowest BCUT2D eigenvalue weighted by molar-refractivity contribution is -0.0809.